The van der Waals surface area contributed by atoms with Crippen LogP contribution >= 0.6 is 0 Å². The first kappa shape index (κ1) is 18.8. The second kappa shape index (κ2) is 7.26. The SMILES string of the molecule is COC(=O)c1ccc2c(c1)CCC1CC3(CC[C@@]21Cc1ccccc1)OCCO3. The summed E-state index contributed by atoms with van der Waals surface area (Å²) in [6, 6.07) is 17.0. The highest BCUT2D eigenvalue weighted by atomic mass is 16.7. The number of esters is 1. The van der Waals surface area contributed by atoms with Crippen LogP contribution in [0.1, 0.15) is 52.7 Å². The van der Waals surface area contributed by atoms with Crippen molar-refractivity contribution < 1.29 is 19.0 Å². The molecular formula is C25H28O4. The predicted octanol–water partition coefficient (Wildman–Crippen LogP) is 4.44. The number of rotatable bonds is 3. The Morgan fingerprint density at radius 3 is 2.66 bits per heavy atom. The molecule has 0 amide bonds. The molecule has 152 valence electrons. The van der Waals surface area contributed by atoms with Crippen LogP contribution in [0.3, 0.4) is 0 Å². The number of carbonyl (C=O) groups excluding carboxylic acids is 1. The lowest BCUT2D eigenvalue weighted by Crippen LogP contribution is -2.51. The third kappa shape index (κ3) is 3.19. The van der Waals surface area contributed by atoms with Gasteiger partial charge in [0.05, 0.1) is 25.9 Å². The number of carbonyl (C=O) groups is 1. The van der Waals surface area contributed by atoms with Crippen LogP contribution in [0.5, 0.6) is 0 Å². The highest BCUT2D eigenvalue weighted by Gasteiger charge is 2.54. The van der Waals surface area contributed by atoms with E-state index in [4.69, 9.17) is 14.2 Å². The minimum absolute atomic E-state index is 0.0597. The van der Waals surface area contributed by atoms with Crippen molar-refractivity contribution in [1.82, 2.24) is 0 Å². The third-order valence-corrected chi connectivity index (χ3v) is 7.29. The molecule has 2 fully saturated rings. The molecule has 0 radical (unpaired) electrons. The van der Waals surface area contributed by atoms with Gasteiger partial charge in [-0.2, -0.15) is 0 Å². The van der Waals surface area contributed by atoms with Gasteiger partial charge in [0.1, 0.15) is 0 Å². The van der Waals surface area contributed by atoms with Crippen molar-refractivity contribution in [2.24, 2.45) is 5.92 Å². The quantitative estimate of drug-likeness (QED) is 0.725. The van der Waals surface area contributed by atoms with Crippen molar-refractivity contribution in [3.63, 3.8) is 0 Å². The Bertz CT molecular complexity index is 900. The van der Waals surface area contributed by atoms with Crippen LogP contribution in [-0.4, -0.2) is 32.1 Å². The van der Waals surface area contributed by atoms with Gasteiger partial charge in [0.2, 0.25) is 0 Å². The predicted molar refractivity (Wildman–Crippen MR) is 110 cm³/mol. The highest BCUT2D eigenvalue weighted by Crippen LogP contribution is 2.56. The summed E-state index contributed by atoms with van der Waals surface area (Å²) in [7, 11) is 1.44. The van der Waals surface area contributed by atoms with Crippen molar-refractivity contribution >= 4 is 5.97 Å². The van der Waals surface area contributed by atoms with Gasteiger partial charge in [-0.1, -0.05) is 36.4 Å². The monoisotopic (exact) mass is 392 g/mol. The Hall–Kier alpha value is -2.17. The second-order valence-corrected chi connectivity index (χ2v) is 8.73. The van der Waals surface area contributed by atoms with E-state index in [-0.39, 0.29) is 17.2 Å². The van der Waals surface area contributed by atoms with Crippen LogP contribution in [0, 0.1) is 5.92 Å². The maximum atomic E-state index is 12.1. The fourth-order valence-electron chi connectivity index (χ4n) is 5.93. The van der Waals surface area contributed by atoms with Crippen LogP contribution in [-0.2, 0) is 32.5 Å². The largest absolute Gasteiger partial charge is 0.465 e. The van der Waals surface area contributed by atoms with E-state index in [1.807, 2.05) is 6.07 Å². The van der Waals surface area contributed by atoms with E-state index in [9.17, 15) is 4.79 Å². The van der Waals surface area contributed by atoms with Gasteiger partial charge >= 0.3 is 5.97 Å². The summed E-state index contributed by atoms with van der Waals surface area (Å²) >= 11 is 0. The molecule has 3 aliphatic rings. The fraction of sp³-hybridized carbons (Fsp3) is 0.480. The van der Waals surface area contributed by atoms with Gasteiger partial charge in [0, 0.05) is 18.3 Å². The van der Waals surface area contributed by atoms with E-state index >= 15 is 0 Å². The Morgan fingerprint density at radius 1 is 1.10 bits per heavy atom. The molecule has 0 bridgehead atoms. The molecule has 1 saturated heterocycles. The number of fused-ring (bicyclic) bond motifs is 3. The lowest BCUT2D eigenvalue weighted by atomic mass is 9.54. The average Bonchev–Trinajstić information content (AvgIpc) is 3.22. The van der Waals surface area contributed by atoms with Crippen molar-refractivity contribution in [3.8, 4) is 0 Å². The smallest absolute Gasteiger partial charge is 0.337 e. The number of aryl methyl sites for hydroxylation is 1. The van der Waals surface area contributed by atoms with Gasteiger partial charge < -0.3 is 14.2 Å². The molecule has 1 spiro atoms. The molecule has 1 aliphatic heterocycles. The zero-order valence-corrected chi connectivity index (χ0v) is 17.0. The summed E-state index contributed by atoms with van der Waals surface area (Å²) in [6.07, 6.45) is 6.01. The molecule has 4 heteroatoms. The molecule has 0 aromatic heterocycles. The van der Waals surface area contributed by atoms with Crippen LogP contribution in [0.4, 0.5) is 0 Å². The molecule has 2 aromatic rings. The summed E-state index contributed by atoms with van der Waals surface area (Å²) in [5.41, 5.74) is 4.77. The number of ether oxygens (including phenoxy) is 3. The summed E-state index contributed by atoms with van der Waals surface area (Å²) in [5.74, 6) is -0.137. The molecule has 5 rings (SSSR count). The molecule has 2 aliphatic carbocycles. The summed E-state index contributed by atoms with van der Waals surface area (Å²) in [4.78, 5) is 12.1. The Morgan fingerprint density at radius 2 is 1.90 bits per heavy atom. The standard InChI is InChI=1S/C25H28O4/c1-27-23(26)20-8-10-22-19(15-20)7-9-21-17-25(28-13-14-29-25)12-11-24(21,22)16-18-5-3-2-4-6-18/h2-6,8,10,15,21H,7,9,11-14,16-17H2,1H3/t21?,24-/m0/s1. The minimum Gasteiger partial charge on any atom is -0.465 e. The first-order valence-electron chi connectivity index (χ1n) is 10.7. The minimum atomic E-state index is -0.381. The van der Waals surface area contributed by atoms with E-state index in [0.717, 1.165) is 38.5 Å². The van der Waals surface area contributed by atoms with Gasteiger partial charge in [0.25, 0.3) is 0 Å². The van der Waals surface area contributed by atoms with Crippen molar-refractivity contribution in [2.75, 3.05) is 20.3 Å². The second-order valence-electron chi connectivity index (χ2n) is 8.73. The maximum absolute atomic E-state index is 12.1. The van der Waals surface area contributed by atoms with E-state index in [1.165, 1.54) is 23.8 Å². The molecule has 0 N–H and O–H groups in total. The lowest BCUT2D eigenvalue weighted by molar-refractivity contribution is -0.200. The zero-order chi connectivity index (χ0) is 19.9. The van der Waals surface area contributed by atoms with Crippen LogP contribution in [0.2, 0.25) is 0 Å². The zero-order valence-electron chi connectivity index (χ0n) is 17.0. The lowest BCUT2D eigenvalue weighted by Gasteiger charge is -2.53. The number of benzene rings is 2. The molecule has 1 heterocycles. The van der Waals surface area contributed by atoms with Crippen molar-refractivity contribution in [2.45, 2.75) is 49.7 Å². The molecule has 29 heavy (non-hydrogen) atoms. The molecule has 1 saturated carbocycles. The fourth-order valence-corrected chi connectivity index (χ4v) is 5.93. The van der Waals surface area contributed by atoms with E-state index < -0.39 is 0 Å². The Labute approximate surface area is 172 Å². The number of hydrogen-bond acceptors (Lipinski definition) is 4. The molecule has 2 atom stereocenters. The first-order valence-corrected chi connectivity index (χ1v) is 10.7. The Balaban J connectivity index is 1.56. The molecule has 2 aromatic carbocycles. The van der Waals surface area contributed by atoms with Gasteiger partial charge in [-0.15, -0.1) is 0 Å². The number of hydrogen-bond donors (Lipinski definition) is 0. The van der Waals surface area contributed by atoms with Gasteiger partial charge in [-0.05, 0) is 60.4 Å². The maximum Gasteiger partial charge on any atom is 0.337 e. The van der Waals surface area contributed by atoms with Gasteiger partial charge in [0.15, 0.2) is 5.79 Å². The highest BCUT2D eigenvalue weighted by molar-refractivity contribution is 5.89. The summed E-state index contributed by atoms with van der Waals surface area (Å²) in [5, 5.41) is 0. The van der Waals surface area contributed by atoms with Crippen LogP contribution in [0.15, 0.2) is 48.5 Å². The molecule has 1 unspecified atom stereocenters. The number of methoxy groups -OCH3 is 1. The van der Waals surface area contributed by atoms with E-state index in [1.54, 1.807) is 0 Å². The topological polar surface area (TPSA) is 44.8 Å². The van der Waals surface area contributed by atoms with Crippen molar-refractivity contribution in [1.29, 1.82) is 0 Å². The van der Waals surface area contributed by atoms with Crippen LogP contribution in [0.25, 0.3) is 0 Å². The molecule has 4 nitrogen and oxygen atoms in total. The summed E-state index contributed by atoms with van der Waals surface area (Å²) < 4.78 is 17.1. The third-order valence-electron chi connectivity index (χ3n) is 7.29. The van der Waals surface area contributed by atoms with E-state index in [2.05, 4.69) is 42.5 Å². The average molecular weight is 392 g/mol. The van der Waals surface area contributed by atoms with Crippen LogP contribution < -0.4 is 0 Å². The molecular weight excluding hydrogens is 364 g/mol. The summed E-state index contributed by atoms with van der Waals surface area (Å²) in [6.45, 7) is 1.41. The van der Waals surface area contributed by atoms with Crippen molar-refractivity contribution in [3.05, 3.63) is 70.8 Å². The normalized spacial score (nSPS) is 27.3. The van der Waals surface area contributed by atoms with Gasteiger partial charge in [-0.3, -0.25) is 0 Å². The van der Waals surface area contributed by atoms with Gasteiger partial charge in [-0.25, -0.2) is 4.79 Å². The van der Waals surface area contributed by atoms with E-state index in [0.29, 0.717) is 24.7 Å². The Kier molecular flexibility index (Phi) is 4.72. The first-order chi connectivity index (χ1) is 14.1.